The lowest BCUT2D eigenvalue weighted by Crippen LogP contribution is -2.49. The summed E-state index contributed by atoms with van der Waals surface area (Å²) in [5, 5.41) is 0. The van der Waals surface area contributed by atoms with E-state index < -0.39 is 5.82 Å². The fourth-order valence-electron chi connectivity index (χ4n) is 2.69. The van der Waals surface area contributed by atoms with Crippen LogP contribution in [-0.2, 0) is 0 Å². The van der Waals surface area contributed by atoms with Gasteiger partial charge in [0.15, 0.2) is 0 Å². The summed E-state index contributed by atoms with van der Waals surface area (Å²) in [5.74, 6) is -1.14. The molecular weight excluding hydrogens is 366 g/mol. The Morgan fingerprint density at radius 2 is 1.65 bits per heavy atom. The van der Waals surface area contributed by atoms with Crippen LogP contribution in [0.4, 0.5) is 14.5 Å². The Morgan fingerprint density at radius 1 is 0.957 bits per heavy atom. The first-order valence-corrected chi connectivity index (χ1v) is 8.09. The number of halogens is 3. The van der Waals surface area contributed by atoms with Crippen LogP contribution in [0.15, 0.2) is 46.9 Å². The zero-order valence-corrected chi connectivity index (χ0v) is 13.9. The number of rotatable bonds is 2. The van der Waals surface area contributed by atoms with E-state index in [1.807, 2.05) is 4.90 Å². The molecule has 23 heavy (non-hydrogen) atoms. The monoisotopic (exact) mass is 380 g/mol. The highest BCUT2D eigenvalue weighted by molar-refractivity contribution is 9.10. The standard InChI is InChI=1S/C17H15BrF2N2O/c18-12-5-6-14(19)13(11-12)17(23)22-9-7-21(8-10-22)16-4-2-1-3-15(16)20/h1-6,11H,7-10H2. The average molecular weight is 381 g/mol. The minimum absolute atomic E-state index is 0.0544. The van der Waals surface area contributed by atoms with Crippen LogP contribution in [0.5, 0.6) is 0 Å². The van der Waals surface area contributed by atoms with Gasteiger partial charge in [0.25, 0.3) is 5.91 Å². The van der Waals surface area contributed by atoms with Crippen LogP contribution in [0.1, 0.15) is 10.4 Å². The minimum atomic E-state index is -0.533. The third-order valence-corrected chi connectivity index (χ3v) is 4.41. The molecular formula is C17H15BrF2N2O. The molecule has 0 radical (unpaired) electrons. The van der Waals surface area contributed by atoms with Gasteiger partial charge in [0.05, 0.1) is 11.3 Å². The van der Waals surface area contributed by atoms with Gasteiger partial charge in [-0.1, -0.05) is 28.1 Å². The Kier molecular flexibility index (Phi) is 4.61. The maximum Gasteiger partial charge on any atom is 0.256 e. The van der Waals surface area contributed by atoms with Crippen molar-refractivity contribution in [2.24, 2.45) is 0 Å². The molecule has 1 amide bonds. The van der Waals surface area contributed by atoms with Crippen LogP contribution < -0.4 is 4.90 Å². The number of hydrogen-bond acceptors (Lipinski definition) is 2. The number of anilines is 1. The Labute approximate surface area is 141 Å². The van der Waals surface area contributed by atoms with Gasteiger partial charge >= 0.3 is 0 Å². The zero-order chi connectivity index (χ0) is 16.4. The smallest absolute Gasteiger partial charge is 0.256 e. The molecule has 6 heteroatoms. The summed E-state index contributed by atoms with van der Waals surface area (Å²) >= 11 is 3.25. The first kappa shape index (κ1) is 15.9. The summed E-state index contributed by atoms with van der Waals surface area (Å²) in [7, 11) is 0. The van der Waals surface area contributed by atoms with Gasteiger partial charge in [-0.2, -0.15) is 0 Å². The number of hydrogen-bond donors (Lipinski definition) is 0. The van der Waals surface area contributed by atoms with Crippen molar-refractivity contribution in [1.29, 1.82) is 0 Å². The number of amides is 1. The Hall–Kier alpha value is -1.95. The van der Waals surface area contributed by atoms with Crippen molar-refractivity contribution in [1.82, 2.24) is 4.90 Å². The molecule has 0 aromatic heterocycles. The lowest BCUT2D eigenvalue weighted by Gasteiger charge is -2.36. The maximum absolute atomic E-state index is 13.8. The third-order valence-electron chi connectivity index (χ3n) is 3.92. The molecule has 3 rings (SSSR count). The van der Waals surface area contributed by atoms with Gasteiger partial charge in [-0.05, 0) is 30.3 Å². The highest BCUT2D eigenvalue weighted by Gasteiger charge is 2.25. The number of carbonyl (C=O) groups excluding carboxylic acids is 1. The van der Waals surface area contributed by atoms with E-state index in [0.29, 0.717) is 36.3 Å². The van der Waals surface area contributed by atoms with Gasteiger partial charge in [-0.15, -0.1) is 0 Å². The normalized spacial score (nSPS) is 14.9. The molecule has 1 aliphatic rings. The van der Waals surface area contributed by atoms with Crippen molar-refractivity contribution in [2.45, 2.75) is 0 Å². The molecule has 1 saturated heterocycles. The van der Waals surface area contributed by atoms with Crippen LogP contribution in [0, 0.1) is 11.6 Å². The average Bonchev–Trinajstić information content (AvgIpc) is 2.57. The quantitative estimate of drug-likeness (QED) is 0.792. The van der Waals surface area contributed by atoms with Crippen molar-refractivity contribution < 1.29 is 13.6 Å². The molecule has 0 aliphatic carbocycles. The summed E-state index contributed by atoms with van der Waals surface area (Å²) in [5.41, 5.74) is 0.590. The van der Waals surface area contributed by atoms with Crippen LogP contribution in [0.3, 0.4) is 0 Å². The van der Waals surface area contributed by atoms with Crippen molar-refractivity contribution in [2.75, 3.05) is 31.1 Å². The van der Waals surface area contributed by atoms with E-state index in [-0.39, 0.29) is 17.3 Å². The van der Waals surface area contributed by atoms with Crippen LogP contribution in [0.25, 0.3) is 0 Å². The summed E-state index contributed by atoms with van der Waals surface area (Å²) < 4.78 is 28.3. The molecule has 0 bridgehead atoms. The predicted octanol–water partition coefficient (Wildman–Crippen LogP) is 3.69. The van der Waals surface area contributed by atoms with Gasteiger partial charge in [0.2, 0.25) is 0 Å². The molecule has 0 saturated carbocycles. The van der Waals surface area contributed by atoms with Gasteiger partial charge in [-0.3, -0.25) is 4.79 Å². The number of carbonyl (C=O) groups is 1. The fourth-order valence-corrected chi connectivity index (χ4v) is 3.05. The molecule has 2 aromatic carbocycles. The first-order chi connectivity index (χ1) is 11.1. The third kappa shape index (κ3) is 3.37. The summed E-state index contributed by atoms with van der Waals surface area (Å²) in [4.78, 5) is 16.0. The van der Waals surface area contributed by atoms with Gasteiger partial charge in [0.1, 0.15) is 11.6 Å². The second-order valence-corrected chi connectivity index (χ2v) is 6.27. The topological polar surface area (TPSA) is 23.6 Å². The largest absolute Gasteiger partial charge is 0.366 e. The minimum Gasteiger partial charge on any atom is -0.366 e. The molecule has 0 N–H and O–H groups in total. The Morgan fingerprint density at radius 3 is 2.35 bits per heavy atom. The van der Waals surface area contributed by atoms with E-state index in [2.05, 4.69) is 15.9 Å². The second kappa shape index (κ2) is 6.66. The highest BCUT2D eigenvalue weighted by atomic mass is 79.9. The number of piperazine rings is 1. The number of benzene rings is 2. The summed E-state index contributed by atoms with van der Waals surface area (Å²) in [6.07, 6.45) is 0. The molecule has 0 unspecified atom stereocenters. The van der Waals surface area contributed by atoms with Gasteiger partial charge < -0.3 is 9.80 Å². The van der Waals surface area contributed by atoms with E-state index in [1.54, 1.807) is 29.2 Å². The van der Waals surface area contributed by atoms with E-state index in [9.17, 15) is 13.6 Å². The predicted molar refractivity (Wildman–Crippen MR) is 88.6 cm³/mol. The SMILES string of the molecule is O=C(c1cc(Br)ccc1F)N1CCN(c2ccccc2F)CC1. The number of para-hydroxylation sites is 1. The fraction of sp³-hybridized carbons (Fsp3) is 0.235. The van der Waals surface area contributed by atoms with E-state index >= 15 is 0 Å². The zero-order valence-electron chi connectivity index (χ0n) is 12.3. The second-order valence-electron chi connectivity index (χ2n) is 5.35. The maximum atomic E-state index is 13.8. The number of nitrogens with zero attached hydrogens (tertiary/aromatic N) is 2. The first-order valence-electron chi connectivity index (χ1n) is 7.30. The Balaban J connectivity index is 1.70. The molecule has 1 aliphatic heterocycles. The van der Waals surface area contributed by atoms with Crippen molar-refractivity contribution in [3.8, 4) is 0 Å². The van der Waals surface area contributed by atoms with E-state index in [1.165, 1.54) is 18.2 Å². The summed E-state index contributed by atoms with van der Waals surface area (Å²) in [6, 6.07) is 10.9. The van der Waals surface area contributed by atoms with Crippen molar-refractivity contribution >= 4 is 27.5 Å². The van der Waals surface area contributed by atoms with Crippen LogP contribution in [-0.4, -0.2) is 37.0 Å². The lowest BCUT2D eigenvalue weighted by molar-refractivity contribution is 0.0742. The Bertz CT molecular complexity index is 730. The highest BCUT2D eigenvalue weighted by Crippen LogP contribution is 2.22. The molecule has 2 aromatic rings. The molecule has 0 atom stereocenters. The molecule has 3 nitrogen and oxygen atoms in total. The van der Waals surface area contributed by atoms with E-state index in [4.69, 9.17) is 0 Å². The summed E-state index contributed by atoms with van der Waals surface area (Å²) in [6.45, 7) is 1.89. The molecule has 0 spiro atoms. The van der Waals surface area contributed by atoms with Gasteiger partial charge in [0, 0.05) is 30.7 Å². The van der Waals surface area contributed by atoms with Crippen LogP contribution >= 0.6 is 15.9 Å². The lowest BCUT2D eigenvalue weighted by atomic mass is 10.1. The van der Waals surface area contributed by atoms with E-state index in [0.717, 1.165) is 0 Å². The van der Waals surface area contributed by atoms with Gasteiger partial charge in [-0.25, -0.2) is 8.78 Å². The van der Waals surface area contributed by atoms with Crippen LogP contribution in [0.2, 0.25) is 0 Å². The molecule has 120 valence electrons. The van der Waals surface area contributed by atoms with Crippen molar-refractivity contribution in [3.63, 3.8) is 0 Å². The molecule has 1 heterocycles. The van der Waals surface area contributed by atoms with Crippen molar-refractivity contribution in [3.05, 3.63) is 64.1 Å². The molecule has 1 fully saturated rings.